The van der Waals surface area contributed by atoms with Crippen molar-refractivity contribution < 1.29 is 4.42 Å². The SMILES string of the molecule is CC(C)(C)c1ccc(-c2cccc3c2oc2cc(N(c4ccc5c(c4)C(C)(C)c4ccccc4-5)c4ccc5c(c4)C(C)(C)c4cc(C(C)(C)C)ccc4-5)ccc23)cc1. The van der Waals surface area contributed by atoms with E-state index in [0.29, 0.717) is 0 Å². The third kappa shape index (κ3) is 5.44. The normalized spacial score (nSPS) is 15.0. The standard InChI is InChI=1S/C56H53NO/c1-53(2,3)35-20-18-34(19-21-35)40-15-13-16-46-45-29-25-39(33-51(45)58-52(40)46)57(37-23-27-43-41-14-11-12-17-47(41)55(7,8)49(43)31-37)38-24-28-44-42-26-22-36(54(4,5)6)30-48(42)56(9,10)50(44)32-38/h11-33H,1-10H3. The second kappa shape index (κ2) is 12.3. The smallest absolute Gasteiger partial charge is 0.143 e. The summed E-state index contributed by atoms with van der Waals surface area (Å²) in [5.74, 6) is 0. The van der Waals surface area contributed by atoms with Crippen molar-refractivity contribution in [2.75, 3.05) is 4.90 Å². The Morgan fingerprint density at radius 2 is 0.914 bits per heavy atom. The van der Waals surface area contributed by atoms with E-state index in [4.69, 9.17) is 4.42 Å². The zero-order chi connectivity index (χ0) is 40.5. The summed E-state index contributed by atoms with van der Waals surface area (Å²) in [5, 5.41) is 2.26. The van der Waals surface area contributed by atoms with Crippen LogP contribution in [-0.4, -0.2) is 0 Å². The Hall–Kier alpha value is -5.86. The molecule has 10 rings (SSSR count). The van der Waals surface area contributed by atoms with E-state index in [1.807, 2.05) is 0 Å². The molecule has 0 saturated carbocycles. The first-order valence-electron chi connectivity index (χ1n) is 20.9. The molecule has 0 aliphatic heterocycles. The van der Waals surface area contributed by atoms with Crippen LogP contribution in [0.5, 0.6) is 0 Å². The molecule has 0 fully saturated rings. The van der Waals surface area contributed by atoms with Crippen molar-refractivity contribution >= 4 is 39.0 Å². The van der Waals surface area contributed by atoms with E-state index in [1.54, 1.807) is 0 Å². The lowest BCUT2D eigenvalue weighted by molar-refractivity contribution is 0.584. The summed E-state index contributed by atoms with van der Waals surface area (Å²) >= 11 is 0. The van der Waals surface area contributed by atoms with Gasteiger partial charge in [0.1, 0.15) is 11.2 Å². The maximum Gasteiger partial charge on any atom is 0.143 e. The van der Waals surface area contributed by atoms with Gasteiger partial charge in [-0.05, 0) is 108 Å². The van der Waals surface area contributed by atoms with Crippen molar-refractivity contribution in [2.24, 2.45) is 0 Å². The van der Waals surface area contributed by atoms with E-state index in [0.717, 1.165) is 50.1 Å². The van der Waals surface area contributed by atoms with Crippen LogP contribution in [0.1, 0.15) is 103 Å². The minimum atomic E-state index is -0.153. The highest BCUT2D eigenvalue weighted by Gasteiger charge is 2.38. The summed E-state index contributed by atoms with van der Waals surface area (Å²) in [4.78, 5) is 2.44. The van der Waals surface area contributed by atoms with Crippen LogP contribution >= 0.6 is 0 Å². The van der Waals surface area contributed by atoms with Gasteiger partial charge < -0.3 is 9.32 Å². The minimum Gasteiger partial charge on any atom is -0.455 e. The van der Waals surface area contributed by atoms with Gasteiger partial charge in [0.05, 0.1) is 0 Å². The van der Waals surface area contributed by atoms with Gasteiger partial charge in [-0.2, -0.15) is 0 Å². The molecule has 1 aromatic heterocycles. The molecular formula is C56H53NO. The molecule has 0 radical (unpaired) electrons. The number of hydrogen-bond donors (Lipinski definition) is 0. The quantitative estimate of drug-likeness (QED) is 0.178. The van der Waals surface area contributed by atoms with Crippen LogP contribution in [0.4, 0.5) is 17.1 Å². The van der Waals surface area contributed by atoms with Crippen LogP contribution < -0.4 is 4.90 Å². The van der Waals surface area contributed by atoms with E-state index >= 15 is 0 Å². The Balaban J connectivity index is 1.14. The molecule has 2 nitrogen and oxygen atoms in total. The Morgan fingerprint density at radius 3 is 1.55 bits per heavy atom. The number of benzene rings is 7. The summed E-state index contributed by atoms with van der Waals surface area (Å²) in [6.45, 7) is 23.2. The van der Waals surface area contributed by atoms with Gasteiger partial charge in [-0.25, -0.2) is 0 Å². The number of para-hydroxylation sites is 1. The first-order chi connectivity index (χ1) is 27.5. The van der Waals surface area contributed by atoms with Gasteiger partial charge in [0.2, 0.25) is 0 Å². The molecule has 288 valence electrons. The van der Waals surface area contributed by atoms with E-state index in [1.165, 1.54) is 55.6 Å². The molecule has 1 heterocycles. The van der Waals surface area contributed by atoms with Gasteiger partial charge in [-0.15, -0.1) is 0 Å². The average Bonchev–Trinajstić information content (AvgIpc) is 3.76. The second-order valence-electron chi connectivity index (χ2n) is 19.9. The predicted octanol–water partition coefficient (Wildman–Crippen LogP) is 15.9. The number of fused-ring (bicyclic) bond motifs is 9. The lowest BCUT2D eigenvalue weighted by Crippen LogP contribution is -2.19. The molecule has 7 aromatic carbocycles. The maximum absolute atomic E-state index is 6.91. The Labute approximate surface area is 344 Å². The molecule has 58 heavy (non-hydrogen) atoms. The van der Waals surface area contributed by atoms with E-state index < -0.39 is 0 Å². The summed E-state index contributed by atoms with van der Waals surface area (Å²) in [6.07, 6.45) is 0. The molecule has 0 spiro atoms. The van der Waals surface area contributed by atoms with E-state index in [-0.39, 0.29) is 21.7 Å². The zero-order valence-electron chi connectivity index (χ0n) is 35.6. The van der Waals surface area contributed by atoms with E-state index in [9.17, 15) is 0 Å². The van der Waals surface area contributed by atoms with Crippen molar-refractivity contribution in [3.8, 4) is 33.4 Å². The number of hydrogen-bond acceptors (Lipinski definition) is 2. The Bertz CT molecular complexity index is 2960. The first-order valence-corrected chi connectivity index (χ1v) is 20.9. The summed E-state index contributed by atoms with van der Waals surface area (Å²) in [5.41, 5.74) is 20.9. The molecule has 0 atom stereocenters. The molecule has 2 heteroatoms. The zero-order valence-corrected chi connectivity index (χ0v) is 35.6. The molecule has 0 unspecified atom stereocenters. The summed E-state index contributed by atoms with van der Waals surface area (Å²) in [6, 6.07) is 52.5. The van der Waals surface area contributed by atoms with Gasteiger partial charge in [0.15, 0.2) is 0 Å². The fraction of sp³-hybridized carbons (Fsp3) is 0.250. The van der Waals surface area contributed by atoms with Crippen molar-refractivity contribution in [3.05, 3.63) is 173 Å². The lowest BCUT2D eigenvalue weighted by atomic mass is 9.79. The monoisotopic (exact) mass is 755 g/mol. The average molecular weight is 756 g/mol. The molecule has 0 amide bonds. The van der Waals surface area contributed by atoms with Gasteiger partial charge in [-0.1, -0.05) is 166 Å². The molecule has 0 N–H and O–H groups in total. The van der Waals surface area contributed by atoms with Crippen molar-refractivity contribution in [1.29, 1.82) is 0 Å². The van der Waals surface area contributed by atoms with E-state index in [2.05, 4.69) is 214 Å². The van der Waals surface area contributed by atoms with Gasteiger partial charge in [-0.3, -0.25) is 0 Å². The van der Waals surface area contributed by atoms with Gasteiger partial charge >= 0.3 is 0 Å². The summed E-state index contributed by atoms with van der Waals surface area (Å²) < 4.78 is 6.91. The Kier molecular flexibility index (Phi) is 7.75. The first kappa shape index (κ1) is 36.5. The third-order valence-corrected chi connectivity index (χ3v) is 13.4. The lowest BCUT2D eigenvalue weighted by Gasteiger charge is -2.30. The van der Waals surface area contributed by atoms with Crippen molar-refractivity contribution in [2.45, 2.75) is 90.9 Å². The molecule has 2 aliphatic rings. The maximum atomic E-state index is 6.91. The Morgan fingerprint density at radius 1 is 0.414 bits per heavy atom. The number of furan rings is 1. The van der Waals surface area contributed by atoms with Gasteiger partial charge in [0.25, 0.3) is 0 Å². The van der Waals surface area contributed by atoms with Crippen molar-refractivity contribution in [1.82, 2.24) is 0 Å². The molecule has 0 saturated heterocycles. The molecule has 2 aliphatic carbocycles. The topological polar surface area (TPSA) is 16.4 Å². The van der Waals surface area contributed by atoms with Gasteiger partial charge in [0, 0.05) is 50.3 Å². The number of nitrogens with zero attached hydrogens (tertiary/aromatic N) is 1. The van der Waals surface area contributed by atoms with Crippen LogP contribution in [0.2, 0.25) is 0 Å². The molecule has 8 aromatic rings. The fourth-order valence-electron chi connectivity index (χ4n) is 9.91. The van der Waals surface area contributed by atoms with Crippen LogP contribution in [0, 0.1) is 0 Å². The largest absolute Gasteiger partial charge is 0.455 e. The summed E-state index contributed by atoms with van der Waals surface area (Å²) in [7, 11) is 0. The molecular weight excluding hydrogens is 703 g/mol. The number of anilines is 3. The van der Waals surface area contributed by atoms with Crippen LogP contribution in [0.3, 0.4) is 0 Å². The van der Waals surface area contributed by atoms with Crippen LogP contribution in [0.15, 0.2) is 144 Å². The van der Waals surface area contributed by atoms with Crippen LogP contribution in [0.25, 0.3) is 55.3 Å². The van der Waals surface area contributed by atoms with Crippen LogP contribution in [-0.2, 0) is 21.7 Å². The number of rotatable bonds is 4. The minimum absolute atomic E-state index is 0.0792. The fourth-order valence-corrected chi connectivity index (χ4v) is 9.91. The predicted molar refractivity (Wildman–Crippen MR) is 246 cm³/mol. The highest BCUT2D eigenvalue weighted by atomic mass is 16.3. The highest BCUT2D eigenvalue weighted by molar-refractivity contribution is 6.10. The third-order valence-electron chi connectivity index (χ3n) is 13.4. The molecule has 0 bridgehead atoms. The second-order valence-corrected chi connectivity index (χ2v) is 19.9. The van der Waals surface area contributed by atoms with Crippen molar-refractivity contribution in [3.63, 3.8) is 0 Å². The highest BCUT2D eigenvalue weighted by Crippen LogP contribution is 2.54.